The fourth-order valence-electron chi connectivity index (χ4n) is 4.33. The van der Waals surface area contributed by atoms with E-state index < -0.39 is 12.0 Å². The number of anilines is 1. The minimum absolute atomic E-state index is 0.0787. The molecular weight excluding hydrogens is 518 g/mol. The first-order valence-corrected chi connectivity index (χ1v) is 12.8. The van der Waals surface area contributed by atoms with E-state index in [9.17, 15) is 14.7 Å². The summed E-state index contributed by atoms with van der Waals surface area (Å²) in [5, 5.41) is 20.5. The van der Waals surface area contributed by atoms with Gasteiger partial charge in [0.25, 0.3) is 11.8 Å². The molecule has 13 heteroatoms. The van der Waals surface area contributed by atoms with Gasteiger partial charge in [-0.05, 0) is 44.7 Å². The van der Waals surface area contributed by atoms with Crippen LogP contribution in [0.25, 0.3) is 16.1 Å². The predicted octanol–water partition coefficient (Wildman–Crippen LogP) is 3.50. The van der Waals surface area contributed by atoms with Crippen LogP contribution in [0.2, 0.25) is 5.15 Å². The molecule has 4 aromatic heterocycles. The largest absolute Gasteiger partial charge is 0.494 e. The van der Waals surface area contributed by atoms with Crippen molar-refractivity contribution in [2.24, 2.45) is 0 Å². The van der Waals surface area contributed by atoms with Crippen molar-refractivity contribution in [3.8, 4) is 16.9 Å². The van der Waals surface area contributed by atoms with Crippen LogP contribution in [0.3, 0.4) is 0 Å². The molecule has 0 bridgehead atoms. The molecule has 0 radical (unpaired) electrons. The number of amides is 2. The highest BCUT2D eigenvalue weighted by Crippen LogP contribution is 2.34. The number of methoxy groups -OCH3 is 1. The van der Waals surface area contributed by atoms with E-state index in [1.54, 1.807) is 12.1 Å². The first-order valence-electron chi connectivity index (χ1n) is 11.6. The Morgan fingerprint density at radius 2 is 2.03 bits per heavy atom. The second kappa shape index (κ2) is 10.4. The third-order valence-corrected chi connectivity index (χ3v) is 7.15. The lowest BCUT2D eigenvalue weighted by Gasteiger charge is -2.26. The van der Waals surface area contributed by atoms with Crippen LogP contribution in [0.5, 0.6) is 5.75 Å². The second-order valence-corrected chi connectivity index (χ2v) is 10.1. The fraction of sp³-hybridized carbons (Fsp3) is 0.333. The molecule has 1 aliphatic rings. The molecule has 11 nitrogen and oxygen atoms in total. The van der Waals surface area contributed by atoms with E-state index in [0.29, 0.717) is 44.6 Å². The van der Waals surface area contributed by atoms with Crippen LogP contribution in [0.4, 0.5) is 5.13 Å². The SMILES string of the molecule is COc1cnc(Cl)cc1-c1cc(C)ncc1C(=O)Nc1nn2cc(C(=O)N[C@@H]3CCC[C@@H](O)C3)nc2s1. The monoisotopic (exact) mass is 541 g/mol. The summed E-state index contributed by atoms with van der Waals surface area (Å²) < 4.78 is 6.87. The van der Waals surface area contributed by atoms with Crippen molar-refractivity contribution in [3.63, 3.8) is 0 Å². The van der Waals surface area contributed by atoms with Gasteiger partial charge < -0.3 is 15.2 Å². The van der Waals surface area contributed by atoms with Crippen molar-refractivity contribution >= 4 is 44.8 Å². The van der Waals surface area contributed by atoms with Crippen LogP contribution in [-0.2, 0) is 0 Å². The van der Waals surface area contributed by atoms with Crippen molar-refractivity contribution < 1.29 is 19.4 Å². The Balaban J connectivity index is 1.35. The topological polar surface area (TPSA) is 144 Å². The van der Waals surface area contributed by atoms with Gasteiger partial charge in [-0.15, -0.1) is 5.10 Å². The summed E-state index contributed by atoms with van der Waals surface area (Å²) in [5.41, 5.74) is 2.42. The van der Waals surface area contributed by atoms with Crippen LogP contribution in [0, 0.1) is 6.92 Å². The van der Waals surface area contributed by atoms with Crippen molar-refractivity contribution in [1.82, 2.24) is 29.9 Å². The highest BCUT2D eigenvalue weighted by molar-refractivity contribution is 7.20. The quantitative estimate of drug-likeness (QED) is 0.315. The van der Waals surface area contributed by atoms with Gasteiger partial charge in [-0.3, -0.25) is 19.9 Å². The van der Waals surface area contributed by atoms with Crippen LogP contribution < -0.4 is 15.4 Å². The molecule has 4 heterocycles. The molecule has 0 unspecified atom stereocenters. The van der Waals surface area contributed by atoms with Crippen molar-refractivity contribution in [2.75, 3.05) is 12.4 Å². The predicted molar refractivity (Wildman–Crippen MR) is 138 cm³/mol. The van der Waals surface area contributed by atoms with Gasteiger partial charge >= 0.3 is 0 Å². The molecule has 4 aromatic rings. The Hall–Kier alpha value is -3.61. The summed E-state index contributed by atoms with van der Waals surface area (Å²) in [7, 11) is 1.51. The molecule has 1 saturated carbocycles. The summed E-state index contributed by atoms with van der Waals surface area (Å²) >= 11 is 7.25. The summed E-state index contributed by atoms with van der Waals surface area (Å²) in [6.45, 7) is 1.82. The van der Waals surface area contributed by atoms with Crippen LogP contribution in [0.1, 0.15) is 52.2 Å². The summed E-state index contributed by atoms with van der Waals surface area (Å²) in [6, 6.07) is 3.32. The van der Waals surface area contributed by atoms with Gasteiger partial charge in [0.15, 0.2) is 0 Å². The third kappa shape index (κ3) is 5.41. The van der Waals surface area contributed by atoms with Crippen molar-refractivity contribution in [1.29, 1.82) is 0 Å². The van der Waals surface area contributed by atoms with Gasteiger partial charge in [0.05, 0.1) is 31.2 Å². The van der Waals surface area contributed by atoms with Crippen molar-refractivity contribution in [3.05, 3.63) is 52.8 Å². The lowest BCUT2D eigenvalue weighted by Crippen LogP contribution is -2.39. The number of nitrogens with one attached hydrogen (secondary N) is 2. The molecular formula is C24H24ClN7O4S. The Morgan fingerprint density at radius 3 is 2.78 bits per heavy atom. The third-order valence-electron chi connectivity index (χ3n) is 6.11. The molecule has 2 amide bonds. The number of ether oxygens (including phenoxy) is 1. The average Bonchev–Trinajstić information content (AvgIpc) is 3.43. The smallest absolute Gasteiger partial charge is 0.271 e. The number of nitrogens with zero attached hydrogens (tertiary/aromatic N) is 5. The number of aliphatic hydroxyl groups excluding tert-OH is 1. The lowest BCUT2D eigenvalue weighted by atomic mass is 9.93. The number of aliphatic hydroxyl groups is 1. The normalized spacial score (nSPS) is 17.5. The van der Waals surface area contributed by atoms with Crippen LogP contribution >= 0.6 is 22.9 Å². The van der Waals surface area contributed by atoms with Crippen LogP contribution in [0.15, 0.2) is 30.7 Å². The van der Waals surface area contributed by atoms with E-state index >= 15 is 0 Å². The van der Waals surface area contributed by atoms with E-state index in [1.807, 2.05) is 6.92 Å². The second-order valence-electron chi connectivity index (χ2n) is 8.78. The zero-order valence-corrected chi connectivity index (χ0v) is 21.6. The number of halogens is 1. The first-order chi connectivity index (χ1) is 17.8. The molecule has 0 aromatic carbocycles. The zero-order chi connectivity index (χ0) is 26.1. The molecule has 0 aliphatic heterocycles. The Bertz CT molecular complexity index is 1460. The van der Waals surface area contributed by atoms with Gasteiger partial charge in [0.1, 0.15) is 16.6 Å². The number of carbonyl (C=O) groups excluding carboxylic acids is 2. The van der Waals surface area contributed by atoms with E-state index in [0.717, 1.165) is 30.6 Å². The first kappa shape index (κ1) is 25.1. The van der Waals surface area contributed by atoms with E-state index in [4.69, 9.17) is 16.3 Å². The van der Waals surface area contributed by atoms with E-state index in [-0.39, 0.29) is 22.8 Å². The van der Waals surface area contributed by atoms with Gasteiger partial charge in [0, 0.05) is 29.1 Å². The maximum atomic E-state index is 13.2. The van der Waals surface area contributed by atoms with Gasteiger partial charge in [-0.1, -0.05) is 22.9 Å². The molecule has 1 fully saturated rings. The maximum absolute atomic E-state index is 13.2. The van der Waals surface area contributed by atoms with Gasteiger partial charge in [0.2, 0.25) is 10.1 Å². The minimum Gasteiger partial charge on any atom is -0.494 e. The standard InChI is InChI=1S/C24H24ClN7O4S/c1-12-6-15(16-8-20(25)27-10-19(16)36-2)17(9-26-12)21(34)30-23-31-32-11-18(29-24(32)37-23)22(35)28-13-4-3-5-14(33)7-13/h6,8-11,13-14,33H,3-5,7H2,1-2H3,(H,28,35)(H,30,31,34)/t13-,14-/m1/s1. The summed E-state index contributed by atoms with van der Waals surface area (Å²) in [6.07, 6.45) is 7.09. The number of pyridine rings is 2. The van der Waals surface area contributed by atoms with Crippen molar-refractivity contribution in [2.45, 2.75) is 44.8 Å². The summed E-state index contributed by atoms with van der Waals surface area (Å²) in [4.78, 5) is 39.0. The maximum Gasteiger partial charge on any atom is 0.271 e. The average molecular weight is 542 g/mol. The van der Waals surface area contributed by atoms with E-state index in [1.165, 1.54) is 30.2 Å². The molecule has 0 saturated heterocycles. The lowest BCUT2D eigenvalue weighted by molar-refractivity contribution is 0.0845. The van der Waals surface area contributed by atoms with Gasteiger partial charge in [-0.2, -0.15) is 0 Å². The molecule has 0 spiro atoms. The number of aromatic nitrogens is 5. The fourth-order valence-corrected chi connectivity index (χ4v) is 5.27. The van der Waals surface area contributed by atoms with Gasteiger partial charge in [-0.25, -0.2) is 14.5 Å². The molecule has 3 N–H and O–H groups in total. The number of carbonyl (C=O) groups is 2. The zero-order valence-electron chi connectivity index (χ0n) is 20.1. The Morgan fingerprint density at radius 1 is 1.19 bits per heavy atom. The molecule has 192 valence electrons. The number of imidazole rings is 1. The number of aryl methyl sites for hydroxylation is 1. The summed E-state index contributed by atoms with van der Waals surface area (Å²) in [5.74, 6) is -0.281. The molecule has 1 aliphatic carbocycles. The highest BCUT2D eigenvalue weighted by Gasteiger charge is 2.24. The highest BCUT2D eigenvalue weighted by atomic mass is 35.5. The number of hydrogen-bond acceptors (Lipinski definition) is 9. The van der Waals surface area contributed by atoms with E-state index in [2.05, 4.69) is 30.7 Å². The Kier molecular flexibility index (Phi) is 7.04. The molecule has 5 rings (SSSR count). The Labute approximate surface area is 220 Å². The minimum atomic E-state index is -0.427. The molecule has 2 atom stereocenters. The number of rotatable bonds is 6. The number of fused-ring (bicyclic) bond motifs is 1. The number of hydrogen-bond donors (Lipinski definition) is 3. The van der Waals surface area contributed by atoms with Crippen LogP contribution in [-0.4, -0.2) is 60.7 Å². The molecule has 37 heavy (non-hydrogen) atoms.